The van der Waals surface area contributed by atoms with Crippen molar-refractivity contribution >= 4 is 28.3 Å². The molecule has 0 bridgehead atoms. The van der Waals surface area contributed by atoms with Gasteiger partial charge in [0.2, 0.25) is 11.2 Å². The van der Waals surface area contributed by atoms with E-state index in [2.05, 4.69) is 0 Å². The number of rotatable bonds is 5. The van der Waals surface area contributed by atoms with Crippen LogP contribution >= 0.6 is 11.6 Å². The second-order valence-electron chi connectivity index (χ2n) is 7.03. The van der Waals surface area contributed by atoms with Crippen molar-refractivity contribution in [3.8, 4) is 16.9 Å². The average Bonchev–Trinajstić information content (AvgIpc) is 2.78. The zero-order valence-corrected chi connectivity index (χ0v) is 17.4. The summed E-state index contributed by atoms with van der Waals surface area (Å²) in [4.78, 5) is 13.0. The predicted molar refractivity (Wildman–Crippen MR) is 116 cm³/mol. The SMILES string of the molecule is O=c1c(-c2ccc(Cl)cc2)c(C(F)(F)F)oc2cc(OCc3ccc(N([O-])O)cc3)ccc12. The number of fused-ring (bicyclic) bond motifs is 1. The lowest BCUT2D eigenvalue weighted by atomic mass is 10.0. The zero-order chi connectivity index (χ0) is 23.8. The van der Waals surface area contributed by atoms with Crippen molar-refractivity contribution in [3.05, 3.63) is 98.5 Å². The molecule has 0 saturated carbocycles. The van der Waals surface area contributed by atoms with E-state index in [9.17, 15) is 23.2 Å². The van der Waals surface area contributed by atoms with Gasteiger partial charge in [-0.2, -0.15) is 13.2 Å². The molecule has 0 amide bonds. The molecule has 170 valence electrons. The molecule has 0 spiro atoms. The number of halogens is 4. The fourth-order valence-electron chi connectivity index (χ4n) is 3.23. The smallest absolute Gasteiger partial charge is 0.450 e. The first-order chi connectivity index (χ1) is 15.6. The fourth-order valence-corrected chi connectivity index (χ4v) is 3.35. The molecule has 0 fully saturated rings. The third-order valence-electron chi connectivity index (χ3n) is 4.82. The topological polar surface area (TPSA) is 86.0 Å². The van der Waals surface area contributed by atoms with E-state index in [1.165, 1.54) is 66.7 Å². The summed E-state index contributed by atoms with van der Waals surface area (Å²) in [6.07, 6.45) is -4.91. The van der Waals surface area contributed by atoms with Gasteiger partial charge in [-0.1, -0.05) is 35.9 Å². The Kier molecular flexibility index (Phi) is 6.03. The highest BCUT2D eigenvalue weighted by molar-refractivity contribution is 6.30. The van der Waals surface area contributed by atoms with Crippen LogP contribution in [-0.2, 0) is 12.8 Å². The van der Waals surface area contributed by atoms with Gasteiger partial charge in [0.15, 0.2) is 0 Å². The summed E-state index contributed by atoms with van der Waals surface area (Å²) < 4.78 is 52.0. The Morgan fingerprint density at radius 2 is 1.70 bits per heavy atom. The van der Waals surface area contributed by atoms with Crippen LogP contribution in [0, 0.1) is 5.21 Å². The number of anilines is 1. The van der Waals surface area contributed by atoms with E-state index in [0.29, 0.717) is 10.6 Å². The van der Waals surface area contributed by atoms with Crippen molar-refractivity contribution in [2.45, 2.75) is 12.8 Å². The molecule has 1 heterocycles. The van der Waals surface area contributed by atoms with Gasteiger partial charge < -0.3 is 19.6 Å². The number of nitrogens with zero attached hydrogens (tertiary/aromatic N) is 1. The molecule has 1 N–H and O–H groups in total. The van der Waals surface area contributed by atoms with Crippen molar-refractivity contribution in [2.24, 2.45) is 0 Å². The lowest BCUT2D eigenvalue weighted by Gasteiger charge is -2.21. The molecular weight excluding hydrogens is 463 g/mol. The lowest BCUT2D eigenvalue weighted by molar-refractivity contribution is -0.152. The van der Waals surface area contributed by atoms with Crippen molar-refractivity contribution < 1.29 is 27.5 Å². The summed E-state index contributed by atoms with van der Waals surface area (Å²) in [5, 5.41) is 19.7. The van der Waals surface area contributed by atoms with E-state index in [1.54, 1.807) is 0 Å². The summed E-state index contributed by atoms with van der Waals surface area (Å²) >= 11 is 5.81. The molecular formula is C23H14ClF3NO5-. The molecule has 3 aromatic carbocycles. The Balaban J connectivity index is 1.71. The standard InChI is InChI=1S/C23H14ClF3NO5/c24-15-5-3-14(4-6-15)20-21(29)18-10-9-17(11-19(18)33-22(20)23(25,26)27)32-12-13-1-7-16(8-2-13)28(30)31/h1-11,30H,12H2/q-1. The zero-order valence-electron chi connectivity index (χ0n) is 16.6. The van der Waals surface area contributed by atoms with E-state index in [0.717, 1.165) is 0 Å². The Bertz CT molecular complexity index is 1350. The van der Waals surface area contributed by atoms with Crippen molar-refractivity contribution in [3.63, 3.8) is 0 Å². The van der Waals surface area contributed by atoms with E-state index >= 15 is 0 Å². The minimum absolute atomic E-state index is 0.0231. The Morgan fingerprint density at radius 3 is 2.30 bits per heavy atom. The van der Waals surface area contributed by atoms with Crippen LogP contribution in [0.3, 0.4) is 0 Å². The molecule has 0 saturated heterocycles. The maximum Gasteiger partial charge on any atom is 0.450 e. The van der Waals surface area contributed by atoms with Gasteiger partial charge in [0.05, 0.1) is 16.6 Å². The van der Waals surface area contributed by atoms with Gasteiger partial charge in [-0.25, -0.2) is 0 Å². The van der Waals surface area contributed by atoms with Gasteiger partial charge >= 0.3 is 6.18 Å². The van der Waals surface area contributed by atoms with Gasteiger partial charge in [-0.15, -0.1) is 0 Å². The average molecular weight is 477 g/mol. The normalized spacial score (nSPS) is 11.6. The van der Waals surface area contributed by atoms with Crippen LogP contribution in [-0.4, -0.2) is 5.21 Å². The Hall–Kier alpha value is -3.53. The van der Waals surface area contributed by atoms with Crippen LogP contribution in [0.1, 0.15) is 11.3 Å². The summed E-state index contributed by atoms with van der Waals surface area (Å²) in [5.41, 5.74) is -1.01. The van der Waals surface area contributed by atoms with E-state index in [-0.39, 0.29) is 39.8 Å². The van der Waals surface area contributed by atoms with Gasteiger partial charge in [0.25, 0.3) is 0 Å². The summed E-state index contributed by atoms with van der Waals surface area (Å²) in [6, 6.07) is 15.2. The molecule has 6 nitrogen and oxygen atoms in total. The van der Waals surface area contributed by atoms with E-state index in [4.69, 9.17) is 26.0 Å². The monoisotopic (exact) mass is 476 g/mol. The molecule has 1 aromatic heterocycles. The molecule has 0 aliphatic rings. The molecule has 0 radical (unpaired) electrons. The number of hydrogen-bond donors (Lipinski definition) is 1. The molecule has 0 aliphatic carbocycles. The Morgan fingerprint density at radius 1 is 1.03 bits per heavy atom. The third kappa shape index (κ3) is 4.80. The second kappa shape index (κ2) is 8.78. The molecule has 0 aliphatic heterocycles. The summed E-state index contributed by atoms with van der Waals surface area (Å²) in [5.74, 6) is -1.24. The number of benzene rings is 3. The van der Waals surface area contributed by atoms with Crippen molar-refractivity contribution in [2.75, 3.05) is 5.23 Å². The van der Waals surface area contributed by atoms with Crippen LogP contribution in [0.4, 0.5) is 18.9 Å². The summed E-state index contributed by atoms with van der Waals surface area (Å²) in [6.45, 7) is 0.0231. The molecule has 4 rings (SSSR count). The van der Waals surface area contributed by atoms with Gasteiger partial charge in [-0.05, 0) is 47.5 Å². The van der Waals surface area contributed by atoms with Gasteiger partial charge in [-0.3, -0.25) is 10.0 Å². The Labute approximate surface area is 189 Å². The van der Waals surface area contributed by atoms with Crippen LogP contribution in [0.5, 0.6) is 5.75 Å². The van der Waals surface area contributed by atoms with Crippen molar-refractivity contribution in [1.82, 2.24) is 0 Å². The number of alkyl halides is 3. The minimum atomic E-state index is -4.91. The summed E-state index contributed by atoms with van der Waals surface area (Å²) in [7, 11) is 0. The highest BCUT2D eigenvalue weighted by atomic mass is 35.5. The fraction of sp³-hybridized carbons (Fsp3) is 0.0870. The van der Waals surface area contributed by atoms with Gasteiger partial charge in [0, 0.05) is 11.1 Å². The highest BCUT2D eigenvalue weighted by Gasteiger charge is 2.39. The lowest BCUT2D eigenvalue weighted by Crippen LogP contribution is -2.16. The van der Waals surface area contributed by atoms with Crippen LogP contribution < -0.4 is 15.4 Å². The largest absolute Gasteiger partial charge is 0.733 e. The van der Waals surface area contributed by atoms with Gasteiger partial charge in [0.1, 0.15) is 17.9 Å². The van der Waals surface area contributed by atoms with Crippen LogP contribution in [0.2, 0.25) is 5.02 Å². The first kappa shape index (κ1) is 22.7. The maximum absolute atomic E-state index is 13.7. The van der Waals surface area contributed by atoms with Crippen LogP contribution in [0.25, 0.3) is 22.1 Å². The third-order valence-corrected chi connectivity index (χ3v) is 5.07. The van der Waals surface area contributed by atoms with E-state index in [1.807, 2.05) is 0 Å². The number of ether oxygens (including phenoxy) is 1. The molecule has 0 atom stereocenters. The quantitative estimate of drug-likeness (QED) is 0.335. The molecule has 4 aromatic rings. The molecule has 0 unspecified atom stereocenters. The maximum atomic E-state index is 13.7. The minimum Gasteiger partial charge on any atom is -0.733 e. The van der Waals surface area contributed by atoms with Crippen molar-refractivity contribution in [1.29, 1.82) is 0 Å². The van der Waals surface area contributed by atoms with E-state index < -0.39 is 22.9 Å². The highest BCUT2D eigenvalue weighted by Crippen LogP contribution is 2.38. The number of hydrogen-bond acceptors (Lipinski definition) is 6. The molecule has 33 heavy (non-hydrogen) atoms. The molecule has 10 heteroatoms. The first-order valence-corrected chi connectivity index (χ1v) is 9.83. The predicted octanol–water partition coefficient (Wildman–Crippen LogP) is 6.40. The van der Waals surface area contributed by atoms with Crippen LogP contribution in [0.15, 0.2) is 75.9 Å². The first-order valence-electron chi connectivity index (χ1n) is 9.45. The second-order valence-corrected chi connectivity index (χ2v) is 7.46.